The maximum absolute atomic E-state index is 13.3. The highest BCUT2D eigenvalue weighted by Gasteiger charge is 2.28. The van der Waals surface area contributed by atoms with Crippen molar-refractivity contribution in [2.75, 3.05) is 30.3 Å². The quantitative estimate of drug-likeness (QED) is 0.766. The molecule has 1 aliphatic rings. The van der Waals surface area contributed by atoms with E-state index < -0.39 is 17.5 Å². The largest absolute Gasteiger partial charge is 0.331 e. The number of nitrogens with zero attached hydrogens (tertiary/aromatic N) is 2. The van der Waals surface area contributed by atoms with Crippen molar-refractivity contribution in [3.8, 4) is 0 Å². The number of thioether (sulfide) groups is 1. The lowest BCUT2D eigenvalue weighted by molar-refractivity contribution is -0.134. The molecule has 0 N–H and O–H groups in total. The fraction of sp³-hybridized carbons (Fsp3) is 0.222. The summed E-state index contributed by atoms with van der Waals surface area (Å²) in [5, 5.41) is 0. The van der Waals surface area contributed by atoms with E-state index in [-0.39, 0.29) is 30.7 Å². The van der Waals surface area contributed by atoms with Crippen LogP contribution >= 0.6 is 11.8 Å². The van der Waals surface area contributed by atoms with E-state index in [2.05, 4.69) is 0 Å². The monoisotopic (exact) mass is 380 g/mol. The van der Waals surface area contributed by atoms with Gasteiger partial charge in [0.05, 0.1) is 5.75 Å². The molecule has 1 fully saturated rings. The standard InChI is InChI=1S/C18H15F3N2O2S/c19-12-2-1-3-13(8-12)23-7-6-22(10-17(23)24)18(25)11-26-14-4-5-15(20)16(21)9-14/h1-5,8-9H,6-7,10-11H2. The first-order valence-corrected chi connectivity index (χ1v) is 8.84. The molecule has 0 aromatic heterocycles. The molecule has 0 radical (unpaired) electrons. The number of hydrogen-bond donors (Lipinski definition) is 0. The lowest BCUT2D eigenvalue weighted by Gasteiger charge is -2.34. The molecule has 0 saturated carbocycles. The van der Waals surface area contributed by atoms with Crippen molar-refractivity contribution in [2.45, 2.75) is 4.90 Å². The minimum Gasteiger partial charge on any atom is -0.331 e. The van der Waals surface area contributed by atoms with Gasteiger partial charge in [0.15, 0.2) is 11.6 Å². The predicted molar refractivity (Wildman–Crippen MR) is 92.4 cm³/mol. The summed E-state index contributed by atoms with van der Waals surface area (Å²) in [7, 11) is 0. The zero-order chi connectivity index (χ0) is 18.7. The molecule has 3 rings (SSSR count). The van der Waals surface area contributed by atoms with Crippen LogP contribution in [0.5, 0.6) is 0 Å². The fourth-order valence-corrected chi connectivity index (χ4v) is 3.43. The number of carbonyl (C=O) groups is 2. The molecule has 0 aliphatic carbocycles. The highest BCUT2D eigenvalue weighted by Crippen LogP contribution is 2.22. The highest BCUT2D eigenvalue weighted by molar-refractivity contribution is 8.00. The molecule has 136 valence electrons. The van der Waals surface area contributed by atoms with Crippen LogP contribution in [0, 0.1) is 17.5 Å². The van der Waals surface area contributed by atoms with Gasteiger partial charge in [-0.15, -0.1) is 11.8 Å². The summed E-state index contributed by atoms with van der Waals surface area (Å²) in [6, 6.07) is 9.15. The number of carbonyl (C=O) groups excluding carboxylic acids is 2. The van der Waals surface area contributed by atoms with E-state index in [4.69, 9.17) is 0 Å². The van der Waals surface area contributed by atoms with Gasteiger partial charge in [-0.05, 0) is 36.4 Å². The first-order chi connectivity index (χ1) is 12.4. The van der Waals surface area contributed by atoms with Gasteiger partial charge in [0, 0.05) is 23.7 Å². The third-order valence-electron chi connectivity index (χ3n) is 3.95. The zero-order valence-electron chi connectivity index (χ0n) is 13.6. The minimum absolute atomic E-state index is 0.0122. The molecule has 4 nitrogen and oxygen atoms in total. The normalized spacial score (nSPS) is 14.7. The van der Waals surface area contributed by atoms with Crippen LogP contribution in [0.15, 0.2) is 47.4 Å². The van der Waals surface area contributed by atoms with E-state index in [1.807, 2.05) is 0 Å². The second-order valence-corrected chi connectivity index (χ2v) is 6.75. The summed E-state index contributed by atoms with van der Waals surface area (Å²) in [6.07, 6.45) is 0. The van der Waals surface area contributed by atoms with Crippen LogP contribution in [-0.2, 0) is 9.59 Å². The summed E-state index contributed by atoms with van der Waals surface area (Å²) in [6.45, 7) is 0.483. The Kier molecular flexibility index (Phi) is 5.51. The van der Waals surface area contributed by atoms with E-state index in [0.717, 1.165) is 23.9 Å². The average Bonchev–Trinajstić information content (AvgIpc) is 2.62. The molecule has 1 aliphatic heterocycles. The van der Waals surface area contributed by atoms with Crippen molar-refractivity contribution < 1.29 is 22.8 Å². The smallest absolute Gasteiger partial charge is 0.246 e. The van der Waals surface area contributed by atoms with E-state index >= 15 is 0 Å². The maximum Gasteiger partial charge on any atom is 0.246 e. The summed E-state index contributed by atoms with van der Waals surface area (Å²) >= 11 is 1.07. The molecule has 1 heterocycles. The van der Waals surface area contributed by atoms with Crippen molar-refractivity contribution in [2.24, 2.45) is 0 Å². The Morgan fingerprint density at radius 1 is 1.04 bits per heavy atom. The topological polar surface area (TPSA) is 40.6 Å². The third-order valence-corrected chi connectivity index (χ3v) is 4.93. The lowest BCUT2D eigenvalue weighted by Crippen LogP contribution is -2.52. The minimum atomic E-state index is -0.971. The second kappa shape index (κ2) is 7.82. The Labute approximate surface area is 152 Å². The predicted octanol–water partition coefficient (Wildman–Crippen LogP) is 3.07. The van der Waals surface area contributed by atoms with Gasteiger partial charge in [-0.3, -0.25) is 9.59 Å². The molecule has 0 unspecified atom stereocenters. The maximum atomic E-state index is 13.3. The highest BCUT2D eigenvalue weighted by atomic mass is 32.2. The Bertz CT molecular complexity index is 847. The van der Waals surface area contributed by atoms with Gasteiger partial charge in [-0.1, -0.05) is 6.07 Å². The van der Waals surface area contributed by atoms with Crippen LogP contribution < -0.4 is 4.90 Å². The van der Waals surface area contributed by atoms with Crippen molar-refractivity contribution in [3.63, 3.8) is 0 Å². The van der Waals surface area contributed by atoms with Gasteiger partial charge in [-0.2, -0.15) is 0 Å². The van der Waals surface area contributed by atoms with Crippen LogP contribution in [0.1, 0.15) is 0 Å². The van der Waals surface area contributed by atoms with Gasteiger partial charge in [-0.25, -0.2) is 13.2 Å². The summed E-state index contributed by atoms with van der Waals surface area (Å²) in [4.78, 5) is 27.8. The summed E-state index contributed by atoms with van der Waals surface area (Å²) in [5.41, 5.74) is 0.457. The Morgan fingerprint density at radius 2 is 1.85 bits per heavy atom. The molecule has 2 amide bonds. The van der Waals surface area contributed by atoms with Crippen LogP contribution in [0.2, 0.25) is 0 Å². The van der Waals surface area contributed by atoms with Gasteiger partial charge in [0.25, 0.3) is 0 Å². The van der Waals surface area contributed by atoms with Crippen LogP contribution in [-0.4, -0.2) is 42.1 Å². The summed E-state index contributed by atoms with van der Waals surface area (Å²) in [5.74, 6) is -2.91. The van der Waals surface area contributed by atoms with E-state index in [9.17, 15) is 22.8 Å². The van der Waals surface area contributed by atoms with Gasteiger partial charge < -0.3 is 9.80 Å². The van der Waals surface area contributed by atoms with Crippen LogP contribution in [0.3, 0.4) is 0 Å². The average molecular weight is 380 g/mol. The Morgan fingerprint density at radius 3 is 2.54 bits per heavy atom. The Balaban J connectivity index is 1.57. The molecule has 0 bridgehead atoms. The van der Waals surface area contributed by atoms with E-state index in [1.165, 1.54) is 34.1 Å². The molecule has 2 aromatic carbocycles. The number of benzene rings is 2. The van der Waals surface area contributed by atoms with Crippen LogP contribution in [0.25, 0.3) is 0 Å². The molecule has 8 heteroatoms. The molecule has 1 saturated heterocycles. The number of anilines is 1. The van der Waals surface area contributed by atoms with Crippen molar-refractivity contribution >= 4 is 29.3 Å². The number of halogens is 3. The number of piperazine rings is 1. The van der Waals surface area contributed by atoms with Crippen LogP contribution in [0.4, 0.5) is 18.9 Å². The molecule has 0 atom stereocenters. The molecule has 26 heavy (non-hydrogen) atoms. The third kappa shape index (κ3) is 4.19. The number of rotatable bonds is 4. The van der Waals surface area contributed by atoms with Gasteiger partial charge in [0.1, 0.15) is 12.4 Å². The fourth-order valence-electron chi connectivity index (χ4n) is 2.61. The van der Waals surface area contributed by atoms with Crippen molar-refractivity contribution in [1.82, 2.24) is 4.90 Å². The van der Waals surface area contributed by atoms with Crippen molar-refractivity contribution in [3.05, 3.63) is 59.9 Å². The summed E-state index contributed by atoms with van der Waals surface area (Å²) < 4.78 is 39.4. The number of amides is 2. The molecule has 2 aromatic rings. The number of hydrogen-bond acceptors (Lipinski definition) is 3. The lowest BCUT2D eigenvalue weighted by atomic mass is 10.2. The van der Waals surface area contributed by atoms with Gasteiger partial charge in [0.2, 0.25) is 11.8 Å². The van der Waals surface area contributed by atoms with Crippen molar-refractivity contribution in [1.29, 1.82) is 0 Å². The molecule has 0 spiro atoms. The first kappa shape index (κ1) is 18.3. The van der Waals surface area contributed by atoms with Gasteiger partial charge >= 0.3 is 0 Å². The SMILES string of the molecule is O=C(CSc1ccc(F)c(F)c1)N1CCN(c2cccc(F)c2)C(=O)C1. The molecular weight excluding hydrogens is 365 g/mol. The zero-order valence-corrected chi connectivity index (χ0v) is 14.4. The van der Waals surface area contributed by atoms with E-state index in [1.54, 1.807) is 6.07 Å². The first-order valence-electron chi connectivity index (χ1n) is 7.85. The Hall–Kier alpha value is -2.48. The molecular formula is C18H15F3N2O2S. The van der Waals surface area contributed by atoms with E-state index in [0.29, 0.717) is 17.1 Å². The second-order valence-electron chi connectivity index (χ2n) is 5.71.